The number of nitrogens with zero attached hydrogens (tertiary/aromatic N) is 1. The lowest BCUT2D eigenvalue weighted by atomic mass is 10.00. The summed E-state index contributed by atoms with van der Waals surface area (Å²) < 4.78 is 0. The van der Waals surface area contributed by atoms with E-state index >= 15 is 0 Å². The Hall–Kier alpha value is -0.860. The van der Waals surface area contributed by atoms with Crippen LogP contribution in [0, 0.1) is 0 Å². The van der Waals surface area contributed by atoms with Crippen molar-refractivity contribution in [3.8, 4) is 0 Å². The Balaban J connectivity index is 2.70. The monoisotopic (exact) mass is 235 g/mol. The van der Waals surface area contributed by atoms with Crippen LogP contribution in [0.5, 0.6) is 0 Å². The van der Waals surface area contributed by atoms with E-state index in [1.807, 2.05) is 18.2 Å². The Morgan fingerprint density at radius 2 is 1.35 bits per heavy atom. The zero-order valence-corrected chi connectivity index (χ0v) is 11.9. The van der Waals surface area contributed by atoms with Crippen molar-refractivity contribution < 1.29 is 4.84 Å². The number of hydrogen-bond acceptors (Lipinski definition) is 2. The minimum Gasteiger partial charge on any atom is -0.293 e. The molecular formula is C15H25NO. The summed E-state index contributed by atoms with van der Waals surface area (Å²) in [6, 6.07) is 10.3. The van der Waals surface area contributed by atoms with Crippen LogP contribution in [0.4, 0.5) is 0 Å². The van der Waals surface area contributed by atoms with Crippen molar-refractivity contribution in [1.29, 1.82) is 0 Å². The average molecular weight is 235 g/mol. The highest BCUT2D eigenvalue weighted by Crippen LogP contribution is 2.25. The summed E-state index contributed by atoms with van der Waals surface area (Å²) in [4.78, 5) is 5.99. The molecule has 0 amide bonds. The molecule has 0 aromatic heterocycles. The van der Waals surface area contributed by atoms with Gasteiger partial charge in [-0.1, -0.05) is 30.3 Å². The Bertz CT molecular complexity index is 318. The molecule has 1 rings (SSSR count). The van der Waals surface area contributed by atoms with Gasteiger partial charge in [-0.25, -0.2) is 0 Å². The van der Waals surface area contributed by atoms with Gasteiger partial charge in [0.2, 0.25) is 0 Å². The second kappa shape index (κ2) is 5.19. The standard InChI is InChI=1S/C15H25NO/c1-14(2,3)16(15(4,5)6)17-12-13-10-8-7-9-11-13/h7-11H,12H2,1-6H3. The molecule has 0 spiro atoms. The average Bonchev–Trinajstić information content (AvgIpc) is 2.15. The topological polar surface area (TPSA) is 12.5 Å². The molecule has 0 saturated carbocycles. The Morgan fingerprint density at radius 1 is 0.882 bits per heavy atom. The zero-order chi connectivity index (χ0) is 13.1. The summed E-state index contributed by atoms with van der Waals surface area (Å²) in [5.74, 6) is 0. The molecule has 0 atom stereocenters. The van der Waals surface area contributed by atoms with Crippen molar-refractivity contribution in [2.45, 2.75) is 59.2 Å². The van der Waals surface area contributed by atoms with Crippen LogP contribution >= 0.6 is 0 Å². The van der Waals surface area contributed by atoms with Crippen molar-refractivity contribution in [3.63, 3.8) is 0 Å². The predicted molar refractivity (Wildman–Crippen MR) is 72.6 cm³/mol. The lowest BCUT2D eigenvalue weighted by Crippen LogP contribution is -2.52. The molecule has 0 aliphatic rings. The molecule has 0 heterocycles. The lowest BCUT2D eigenvalue weighted by Gasteiger charge is -2.43. The summed E-state index contributed by atoms with van der Waals surface area (Å²) in [6.45, 7) is 13.6. The number of benzene rings is 1. The van der Waals surface area contributed by atoms with Gasteiger partial charge in [0.25, 0.3) is 0 Å². The van der Waals surface area contributed by atoms with Gasteiger partial charge in [0.15, 0.2) is 0 Å². The Morgan fingerprint density at radius 3 is 1.76 bits per heavy atom. The van der Waals surface area contributed by atoms with Gasteiger partial charge in [-0.2, -0.15) is 5.06 Å². The van der Waals surface area contributed by atoms with Crippen molar-refractivity contribution in [2.75, 3.05) is 0 Å². The van der Waals surface area contributed by atoms with E-state index in [0.717, 1.165) is 0 Å². The van der Waals surface area contributed by atoms with Crippen LogP contribution in [0.15, 0.2) is 30.3 Å². The van der Waals surface area contributed by atoms with Crippen LogP contribution in [-0.4, -0.2) is 16.1 Å². The van der Waals surface area contributed by atoms with Crippen LogP contribution in [-0.2, 0) is 11.4 Å². The zero-order valence-electron chi connectivity index (χ0n) is 11.9. The number of hydroxylamine groups is 2. The SMILES string of the molecule is CC(C)(C)N(OCc1ccccc1)C(C)(C)C. The summed E-state index contributed by atoms with van der Waals surface area (Å²) in [7, 11) is 0. The quantitative estimate of drug-likeness (QED) is 0.734. The maximum Gasteiger partial charge on any atom is 0.0936 e. The highest BCUT2D eigenvalue weighted by molar-refractivity contribution is 5.13. The summed E-state index contributed by atoms with van der Waals surface area (Å²) in [6.07, 6.45) is 0. The van der Waals surface area contributed by atoms with Crippen molar-refractivity contribution in [1.82, 2.24) is 5.06 Å². The minimum atomic E-state index is -0.00691. The minimum absolute atomic E-state index is 0.00691. The van der Waals surface area contributed by atoms with E-state index in [-0.39, 0.29) is 11.1 Å². The number of hydrogen-bond donors (Lipinski definition) is 0. The molecule has 0 aliphatic heterocycles. The summed E-state index contributed by atoms with van der Waals surface area (Å²) in [5.41, 5.74) is 1.19. The van der Waals surface area contributed by atoms with Gasteiger partial charge in [0.05, 0.1) is 6.61 Å². The first-order valence-electron chi connectivity index (χ1n) is 6.18. The fourth-order valence-electron chi connectivity index (χ4n) is 2.11. The lowest BCUT2D eigenvalue weighted by molar-refractivity contribution is -0.265. The molecule has 1 aromatic rings. The van der Waals surface area contributed by atoms with E-state index in [0.29, 0.717) is 6.61 Å². The van der Waals surface area contributed by atoms with E-state index in [9.17, 15) is 0 Å². The summed E-state index contributed by atoms with van der Waals surface area (Å²) in [5, 5.41) is 2.08. The maximum absolute atomic E-state index is 5.99. The Labute approximate surface area is 106 Å². The largest absolute Gasteiger partial charge is 0.293 e. The van der Waals surface area contributed by atoms with Gasteiger partial charge >= 0.3 is 0 Å². The van der Waals surface area contributed by atoms with Gasteiger partial charge < -0.3 is 0 Å². The maximum atomic E-state index is 5.99. The van der Waals surface area contributed by atoms with Gasteiger partial charge in [-0.05, 0) is 47.1 Å². The third-order valence-electron chi connectivity index (χ3n) is 2.42. The van der Waals surface area contributed by atoms with Crippen LogP contribution < -0.4 is 0 Å². The molecule has 0 saturated heterocycles. The van der Waals surface area contributed by atoms with Crippen LogP contribution in [0.1, 0.15) is 47.1 Å². The molecule has 0 aliphatic carbocycles. The molecule has 2 nitrogen and oxygen atoms in total. The fraction of sp³-hybridized carbons (Fsp3) is 0.600. The molecule has 0 fully saturated rings. The molecule has 2 heteroatoms. The van der Waals surface area contributed by atoms with Crippen LogP contribution in [0.25, 0.3) is 0 Å². The first kappa shape index (κ1) is 14.2. The second-order valence-electron chi connectivity index (χ2n) is 6.40. The van der Waals surface area contributed by atoms with E-state index in [1.54, 1.807) is 0 Å². The van der Waals surface area contributed by atoms with Crippen molar-refractivity contribution in [3.05, 3.63) is 35.9 Å². The molecule has 0 N–H and O–H groups in total. The molecule has 0 radical (unpaired) electrons. The van der Waals surface area contributed by atoms with Gasteiger partial charge in [0, 0.05) is 11.1 Å². The van der Waals surface area contributed by atoms with Gasteiger partial charge in [0.1, 0.15) is 0 Å². The molecular weight excluding hydrogens is 210 g/mol. The number of rotatable bonds is 3. The fourth-order valence-corrected chi connectivity index (χ4v) is 2.11. The normalized spacial score (nSPS) is 13.1. The van der Waals surface area contributed by atoms with Crippen molar-refractivity contribution >= 4 is 0 Å². The second-order valence-corrected chi connectivity index (χ2v) is 6.40. The smallest absolute Gasteiger partial charge is 0.0936 e. The molecule has 0 unspecified atom stereocenters. The first-order chi connectivity index (χ1) is 7.71. The highest BCUT2D eigenvalue weighted by atomic mass is 16.7. The van der Waals surface area contributed by atoms with Crippen LogP contribution in [0.2, 0.25) is 0 Å². The van der Waals surface area contributed by atoms with Crippen molar-refractivity contribution in [2.24, 2.45) is 0 Å². The van der Waals surface area contributed by atoms with Gasteiger partial charge in [-0.3, -0.25) is 4.84 Å². The first-order valence-corrected chi connectivity index (χ1v) is 6.18. The molecule has 0 bridgehead atoms. The van der Waals surface area contributed by atoms with E-state index < -0.39 is 0 Å². The predicted octanol–water partition coefficient (Wildman–Crippen LogP) is 4.02. The van der Waals surface area contributed by atoms with E-state index in [1.165, 1.54) is 5.56 Å². The van der Waals surface area contributed by atoms with E-state index in [4.69, 9.17) is 4.84 Å². The molecule has 96 valence electrons. The van der Waals surface area contributed by atoms with Crippen LogP contribution in [0.3, 0.4) is 0 Å². The van der Waals surface area contributed by atoms with E-state index in [2.05, 4.69) is 58.7 Å². The highest BCUT2D eigenvalue weighted by Gasteiger charge is 2.32. The molecule has 17 heavy (non-hydrogen) atoms. The Kier molecular flexibility index (Phi) is 4.34. The third-order valence-corrected chi connectivity index (χ3v) is 2.42. The molecule has 1 aromatic carbocycles. The third kappa shape index (κ3) is 4.49. The van der Waals surface area contributed by atoms with Gasteiger partial charge in [-0.15, -0.1) is 0 Å². The summed E-state index contributed by atoms with van der Waals surface area (Å²) >= 11 is 0.